The van der Waals surface area contributed by atoms with Crippen molar-refractivity contribution in [1.82, 2.24) is 0 Å². The number of aldehydes is 1. The highest BCUT2D eigenvalue weighted by Gasteiger charge is 2.18. The molecule has 0 aromatic heterocycles. The van der Waals surface area contributed by atoms with Crippen LogP contribution in [-0.2, 0) is 9.84 Å². The lowest BCUT2D eigenvalue weighted by Crippen LogP contribution is -2.02. The van der Waals surface area contributed by atoms with E-state index in [0.717, 1.165) is 6.07 Å². The zero-order valence-corrected chi connectivity index (χ0v) is 10.0. The summed E-state index contributed by atoms with van der Waals surface area (Å²) in [6.07, 6.45) is 0.560. The summed E-state index contributed by atoms with van der Waals surface area (Å²) in [6, 6.07) is 10.3. The fourth-order valence-corrected chi connectivity index (χ4v) is 2.87. The molecule has 0 saturated carbocycles. The molecule has 92 valence electrons. The summed E-state index contributed by atoms with van der Waals surface area (Å²) in [7, 11) is -3.79. The zero-order valence-electron chi connectivity index (χ0n) is 9.21. The van der Waals surface area contributed by atoms with Crippen LogP contribution in [0.25, 0.3) is 0 Å². The Bertz CT molecular complexity index is 693. The van der Waals surface area contributed by atoms with Crippen molar-refractivity contribution in [2.24, 2.45) is 0 Å². The Morgan fingerprint density at radius 3 is 2.17 bits per heavy atom. The van der Waals surface area contributed by atoms with E-state index in [0.29, 0.717) is 6.29 Å². The van der Waals surface area contributed by atoms with Gasteiger partial charge in [0.05, 0.1) is 9.79 Å². The minimum atomic E-state index is -3.79. The molecule has 2 rings (SSSR count). The van der Waals surface area contributed by atoms with Crippen LogP contribution in [0.5, 0.6) is 0 Å². The van der Waals surface area contributed by atoms with E-state index in [1.807, 2.05) is 0 Å². The van der Waals surface area contributed by atoms with Gasteiger partial charge in [0.2, 0.25) is 9.84 Å². The van der Waals surface area contributed by atoms with Gasteiger partial charge in [-0.1, -0.05) is 18.2 Å². The van der Waals surface area contributed by atoms with Crippen LogP contribution in [-0.4, -0.2) is 14.7 Å². The third-order valence-electron chi connectivity index (χ3n) is 2.41. The second-order valence-electron chi connectivity index (χ2n) is 3.65. The molecule has 0 heterocycles. The average molecular weight is 264 g/mol. The number of hydrogen-bond acceptors (Lipinski definition) is 3. The first-order valence-corrected chi connectivity index (χ1v) is 6.58. The van der Waals surface area contributed by atoms with Crippen molar-refractivity contribution in [1.29, 1.82) is 0 Å². The summed E-state index contributed by atoms with van der Waals surface area (Å²) >= 11 is 0. The molecule has 0 N–H and O–H groups in total. The highest BCUT2D eigenvalue weighted by molar-refractivity contribution is 7.91. The lowest BCUT2D eigenvalue weighted by molar-refractivity contribution is 0.112. The molecule has 18 heavy (non-hydrogen) atoms. The molecule has 0 fully saturated rings. The van der Waals surface area contributed by atoms with Gasteiger partial charge >= 0.3 is 0 Å². The molecule has 0 aliphatic carbocycles. The van der Waals surface area contributed by atoms with Crippen LogP contribution < -0.4 is 0 Å². The molecule has 0 spiro atoms. The lowest BCUT2D eigenvalue weighted by Gasteiger charge is -2.05. The molecular weight excluding hydrogens is 255 g/mol. The predicted octanol–water partition coefficient (Wildman–Crippen LogP) is 2.47. The number of hydrogen-bond donors (Lipinski definition) is 0. The number of carbonyl (C=O) groups is 1. The van der Waals surface area contributed by atoms with Gasteiger partial charge in [-0.25, -0.2) is 12.8 Å². The Kier molecular flexibility index (Phi) is 3.25. The minimum absolute atomic E-state index is 0.0299. The molecule has 0 amide bonds. The van der Waals surface area contributed by atoms with Crippen LogP contribution in [0.3, 0.4) is 0 Å². The van der Waals surface area contributed by atoms with E-state index in [-0.39, 0.29) is 15.4 Å². The van der Waals surface area contributed by atoms with E-state index in [4.69, 9.17) is 0 Å². The van der Waals surface area contributed by atoms with Crippen LogP contribution in [0.15, 0.2) is 58.3 Å². The smallest absolute Gasteiger partial charge is 0.206 e. The van der Waals surface area contributed by atoms with Gasteiger partial charge in [-0.2, -0.15) is 0 Å². The lowest BCUT2D eigenvalue weighted by atomic mass is 10.2. The van der Waals surface area contributed by atoms with Crippen LogP contribution in [0.4, 0.5) is 4.39 Å². The quantitative estimate of drug-likeness (QED) is 0.800. The number of carbonyl (C=O) groups excluding carboxylic acids is 1. The van der Waals surface area contributed by atoms with Gasteiger partial charge in [0.15, 0.2) is 0 Å². The molecule has 2 aromatic rings. The molecule has 0 atom stereocenters. The van der Waals surface area contributed by atoms with E-state index in [1.54, 1.807) is 0 Å². The third-order valence-corrected chi connectivity index (χ3v) is 4.16. The Morgan fingerprint density at radius 2 is 1.56 bits per heavy atom. The SMILES string of the molecule is O=Cc1cccc(S(=O)(=O)c2cccc(F)c2)c1. The second-order valence-corrected chi connectivity index (χ2v) is 5.60. The van der Waals surface area contributed by atoms with E-state index >= 15 is 0 Å². The summed E-state index contributed by atoms with van der Waals surface area (Å²) < 4.78 is 37.4. The minimum Gasteiger partial charge on any atom is -0.298 e. The molecule has 0 unspecified atom stereocenters. The van der Waals surface area contributed by atoms with Crippen molar-refractivity contribution >= 4 is 16.1 Å². The number of benzene rings is 2. The van der Waals surface area contributed by atoms with Crippen LogP contribution in [0, 0.1) is 5.82 Å². The molecule has 0 radical (unpaired) electrons. The van der Waals surface area contributed by atoms with Crippen molar-refractivity contribution in [3.63, 3.8) is 0 Å². The van der Waals surface area contributed by atoms with E-state index in [2.05, 4.69) is 0 Å². The Morgan fingerprint density at radius 1 is 0.944 bits per heavy atom. The molecular formula is C13H9FO3S. The van der Waals surface area contributed by atoms with Crippen LogP contribution in [0.2, 0.25) is 0 Å². The van der Waals surface area contributed by atoms with Crippen molar-refractivity contribution in [2.45, 2.75) is 9.79 Å². The van der Waals surface area contributed by atoms with Gasteiger partial charge in [0.1, 0.15) is 12.1 Å². The van der Waals surface area contributed by atoms with Crippen molar-refractivity contribution < 1.29 is 17.6 Å². The summed E-state index contributed by atoms with van der Waals surface area (Å²) in [5, 5.41) is 0. The molecule has 0 aliphatic heterocycles. The largest absolute Gasteiger partial charge is 0.298 e. The molecule has 0 bridgehead atoms. The number of halogens is 1. The monoisotopic (exact) mass is 264 g/mol. The summed E-state index contributed by atoms with van der Waals surface area (Å²) in [5.41, 5.74) is 0.257. The van der Waals surface area contributed by atoms with Crippen molar-refractivity contribution in [3.05, 3.63) is 59.9 Å². The fraction of sp³-hybridized carbons (Fsp3) is 0. The number of rotatable bonds is 3. The van der Waals surface area contributed by atoms with E-state index < -0.39 is 15.7 Å². The first-order valence-electron chi connectivity index (χ1n) is 5.10. The van der Waals surface area contributed by atoms with Crippen molar-refractivity contribution in [2.75, 3.05) is 0 Å². The first kappa shape index (κ1) is 12.4. The summed E-state index contributed by atoms with van der Waals surface area (Å²) in [4.78, 5) is 10.5. The van der Waals surface area contributed by atoms with Gasteiger partial charge in [-0.3, -0.25) is 4.79 Å². The summed E-state index contributed by atoms with van der Waals surface area (Å²) in [6.45, 7) is 0. The van der Waals surface area contributed by atoms with Gasteiger partial charge in [0, 0.05) is 5.56 Å². The van der Waals surface area contributed by atoms with Crippen LogP contribution in [0.1, 0.15) is 10.4 Å². The highest BCUT2D eigenvalue weighted by atomic mass is 32.2. The number of sulfone groups is 1. The summed E-state index contributed by atoms with van der Waals surface area (Å²) in [5.74, 6) is -0.623. The van der Waals surface area contributed by atoms with Gasteiger partial charge in [-0.15, -0.1) is 0 Å². The second kappa shape index (κ2) is 4.70. The normalized spacial score (nSPS) is 11.2. The predicted molar refractivity (Wildman–Crippen MR) is 63.7 cm³/mol. The first-order chi connectivity index (χ1) is 8.54. The Labute approximate surface area is 104 Å². The maximum atomic E-state index is 13.0. The topological polar surface area (TPSA) is 51.2 Å². The van der Waals surface area contributed by atoms with Crippen LogP contribution >= 0.6 is 0 Å². The van der Waals surface area contributed by atoms with Crippen molar-refractivity contribution in [3.8, 4) is 0 Å². The molecule has 3 nitrogen and oxygen atoms in total. The highest BCUT2D eigenvalue weighted by Crippen LogP contribution is 2.21. The fourth-order valence-electron chi connectivity index (χ4n) is 1.53. The maximum absolute atomic E-state index is 13.0. The Balaban J connectivity index is 2.57. The van der Waals surface area contributed by atoms with E-state index in [1.165, 1.54) is 42.5 Å². The molecule has 0 aliphatic rings. The van der Waals surface area contributed by atoms with Gasteiger partial charge in [-0.05, 0) is 30.3 Å². The maximum Gasteiger partial charge on any atom is 0.206 e. The Hall–Kier alpha value is -2.01. The molecule has 0 saturated heterocycles. The van der Waals surface area contributed by atoms with Gasteiger partial charge < -0.3 is 0 Å². The average Bonchev–Trinajstić information content (AvgIpc) is 2.39. The zero-order chi connectivity index (χ0) is 13.2. The molecule has 5 heteroatoms. The van der Waals surface area contributed by atoms with E-state index in [9.17, 15) is 17.6 Å². The third kappa shape index (κ3) is 2.31. The molecule has 2 aromatic carbocycles. The standard InChI is InChI=1S/C13H9FO3S/c14-11-4-2-6-13(8-11)18(16,17)12-5-1-3-10(7-12)9-15/h1-9H. The van der Waals surface area contributed by atoms with Gasteiger partial charge in [0.25, 0.3) is 0 Å².